The van der Waals surface area contributed by atoms with Crippen molar-refractivity contribution in [2.75, 3.05) is 4.90 Å². The van der Waals surface area contributed by atoms with Crippen LogP contribution in [0.25, 0.3) is 65.7 Å². The third-order valence-corrected chi connectivity index (χ3v) is 12.9. The van der Waals surface area contributed by atoms with Gasteiger partial charge in [-0.1, -0.05) is 161 Å². The number of nitrogens with zero attached hydrogens (tertiary/aromatic N) is 1. The quantitative estimate of drug-likeness (QED) is 0.165. The Kier molecular flexibility index (Phi) is 6.72. The van der Waals surface area contributed by atoms with Crippen molar-refractivity contribution in [2.45, 2.75) is 38.5 Å². The van der Waals surface area contributed by atoms with Crippen LogP contribution < -0.4 is 4.90 Å². The van der Waals surface area contributed by atoms with Crippen molar-refractivity contribution in [2.24, 2.45) is 0 Å². The number of anilines is 3. The van der Waals surface area contributed by atoms with Crippen LogP contribution in [0.5, 0.6) is 0 Å². The van der Waals surface area contributed by atoms with E-state index in [1.54, 1.807) is 0 Å². The van der Waals surface area contributed by atoms with E-state index in [-0.39, 0.29) is 10.8 Å². The van der Waals surface area contributed by atoms with Gasteiger partial charge in [0.15, 0.2) is 0 Å². The minimum atomic E-state index is -0.0924. The molecule has 55 heavy (non-hydrogen) atoms. The largest absolute Gasteiger partial charge is 0.310 e. The highest BCUT2D eigenvalue weighted by Crippen LogP contribution is 2.53. The summed E-state index contributed by atoms with van der Waals surface area (Å²) < 4.78 is 0. The molecule has 0 bridgehead atoms. The fourth-order valence-corrected chi connectivity index (χ4v) is 9.93. The Labute approximate surface area is 323 Å². The van der Waals surface area contributed by atoms with Crippen molar-refractivity contribution in [1.29, 1.82) is 0 Å². The van der Waals surface area contributed by atoms with E-state index in [9.17, 15) is 0 Å². The van der Waals surface area contributed by atoms with E-state index in [1.807, 2.05) is 0 Å². The Morgan fingerprint density at radius 3 is 1.58 bits per heavy atom. The molecule has 0 heterocycles. The lowest BCUT2D eigenvalue weighted by Gasteiger charge is -2.29. The predicted octanol–water partition coefficient (Wildman–Crippen LogP) is 14.9. The third kappa shape index (κ3) is 4.66. The van der Waals surface area contributed by atoms with E-state index in [0.29, 0.717) is 0 Å². The lowest BCUT2D eigenvalue weighted by atomic mass is 9.82. The van der Waals surface area contributed by atoms with Crippen LogP contribution in [-0.2, 0) is 10.8 Å². The topological polar surface area (TPSA) is 3.24 Å². The molecule has 262 valence electrons. The summed E-state index contributed by atoms with van der Waals surface area (Å²) in [4.78, 5) is 2.45. The van der Waals surface area contributed by atoms with Gasteiger partial charge in [-0.2, -0.15) is 0 Å². The van der Waals surface area contributed by atoms with Crippen LogP contribution in [0.1, 0.15) is 49.9 Å². The smallest absolute Gasteiger partial charge is 0.0468 e. The second-order valence-electron chi connectivity index (χ2n) is 16.6. The Balaban J connectivity index is 1.05. The van der Waals surface area contributed by atoms with Gasteiger partial charge >= 0.3 is 0 Å². The SMILES string of the molecule is CC1(C)c2ccccc2-c2cc(N(c3ccc(-c4ccc5ccc6c7ccccc7ccc6c5c4)cc3)c3ccc4c(c3)C(C)(C)c3ccccc3-4)ccc21. The molecular formula is C54H41N. The predicted molar refractivity (Wildman–Crippen MR) is 234 cm³/mol. The van der Waals surface area contributed by atoms with Crippen molar-refractivity contribution >= 4 is 49.4 Å². The zero-order valence-electron chi connectivity index (χ0n) is 31.7. The molecule has 0 fully saturated rings. The van der Waals surface area contributed by atoms with E-state index in [0.717, 1.165) is 11.4 Å². The van der Waals surface area contributed by atoms with Crippen LogP contribution in [0.4, 0.5) is 17.1 Å². The second kappa shape index (κ2) is 11.5. The average molecular weight is 704 g/mol. The minimum Gasteiger partial charge on any atom is -0.310 e. The van der Waals surface area contributed by atoms with Crippen molar-refractivity contribution < 1.29 is 0 Å². The fraction of sp³-hybridized carbons (Fsp3) is 0.111. The number of rotatable bonds is 4. The van der Waals surface area contributed by atoms with Gasteiger partial charge in [0.2, 0.25) is 0 Å². The highest BCUT2D eigenvalue weighted by Gasteiger charge is 2.37. The maximum Gasteiger partial charge on any atom is 0.0468 e. The first kappa shape index (κ1) is 32.0. The molecule has 0 N–H and O–H groups in total. The van der Waals surface area contributed by atoms with Gasteiger partial charge in [-0.05, 0) is 130 Å². The van der Waals surface area contributed by atoms with Crippen LogP contribution in [0, 0.1) is 0 Å². The van der Waals surface area contributed by atoms with Gasteiger partial charge < -0.3 is 4.90 Å². The Morgan fingerprint density at radius 1 is 0.309 bits per heavy atom. The highest BCUT2D eigenvalue weighted by atomic mass is 15.1. The van der Waals surface area contributed by atoms with E-state index in [1.165, 1.54) is 93.6 Å². The van der Waals surface area contributed by atoms with Gasteiger partial charge in [0.25, 0.3) is 0 Å². The van der Waals surface area contributed by atoms with E-state index >= 15 is 0 Å². The van der Waals surface area contributed by atoms with Gasteiger partial charge in [-0.15, -0.1) is 0 Å². The number of fused-ring (bicyclic) bond motifs is 11. The van der Waals surface area contributed by atoms with Crippen LogP contribution >= 0.6 is 0 Å². The number of benzene rings is 9. The van der Waals surface area contributed by atoms with Gasteiger partial charge in [-0.3, -0.25) is 0 Å². The lowest BCUT2D eigenvalue weighted by molar-refractivity contribution is 0.660. The monoisotopic (exact) mass is 703 g/mol. The maximum absolute atomic E-state index is 2.45. The molecule has 9 aromatic carbocycles. The van der Waals surface area contributed by atoms with Crippen molar-refractivity contribution in [3.8, 4) is 33.4 Å². The van der Waals surface area contributed by atoms with Crippen LogP contribution in [0.15, 0.2) is 176 Å². The van der Waals surface area contributed by atoms with E-state index in [4.69, 9.17) is 0 Å². The summed E-state index contributed by atoms with van der Waals surface area (Å²) in [6.45, 7) is 9.44. The third-order valence-electron chi connectivity index (χ3n) is 12.9. The lowest BCUT2D eigenvalue weighted by Crippen LogP contribution is -2.17. The minimum absolute atomic E-state index is 0.0431. The molecule has 0 saturated carbocycles. The first-order valence-corrected chi connectivity index (χ1v) is 19.5. The second-order valence-corrected chi connectivity index (χ2v) is 16.6. The highest BCUT2D eigenvalue weighted by molar-refractivity contribution is 6.17. The first-order chi connectivity index (χ1) is 26.8. The molecule has 2 aliphatic carbocycles. The molecule has 9 aromatic rings. The van der Waals surface area contributed by atoms with E-state index in [2.05, 4.69) is 209 Å². The maximum atomic E-state index is 2.45. The summed E-state index contributed by atoms with van der Waals surface area (Å²) >= 11 is 0. The Bertz CT molecular complexity index is 3030. The van der Waals surface area contributed by atoms with Crippen molar-refractivity contribution in [3.63, 3.8) is 0 Å². The number of hydrogen-bond acceptors (Lipinski definition) is 1. The van der Waals surface area contributed by atoms with Crippen molar-refractivity contribution in [1.82, 2.24) is 0 Å². The fourth-order valence-electron chi connectivity index (χ4n) is 9.93. The molecule has 0 saturated heterocycles. The first-order valence-electron chi connectivity index (χ1n) is 19.5. The molecule has 2 aliphatic rings. The summed E-state index contributed by atoms with van der Waals surface area (Å²) in [7, 11) is 0. The zero-order valence-corrected chi connectivity index (χ0v) is 31.7. The standard InChI is InChI=1S/C54H41N/c1-53(2)50-16-10-8-14-45(50)48-32-39(26-30-51(48)53)55(40-25-29-46-44-13-7-9-15-49(44)54(3,4)52(46)33-40)38-23-19-34(20-24-38)37-18-17-36-22-27-42-41-12-6-5-11-35(41)21-28-43(42)47(36)31-37/h5-33H,1-4H3. The molecule has 0 spiro atoms. The van der Waals surface area contributed by atoms with Crippen LogP contribution in [-0.4, -0.2) is 0 Å². The molecule has 0 unspecified atom stereocenters. The molecule has 0 aliphatic heterocycles. The summed E-state index contributed by atoms with van der Waals surface area (Å²) in [5, 5.41) is 7.72. The average Bonchev–Trinajstić information content (AvgIpc) is 3.60. The molecule has 0 aromatic heterocycles. The molecular weight excluding hydrogens is 663 g/mol. The van der Waals surface area contributed by atoms with Crippen LogP contribution in [0.2, 0.25) is 0 Å². The van der Waals surface area contributed by atoms with Gasteiger partial charge in [0.05, 0.1) is 0 Å². The molecule has 0 radical (unpaired) electrons. The molecule has 0 amide bonds. The molecule has 1 nitrogen and oxygen atoms in total. The molecule has 11 rings (SSSR count). The van der Waals surface area contributed by atoms with Crippen molar-refractivity contribution in [3.05, 3.63) is 198 Å². The van der Waals surface area contributed by atoms with Crippen LogP contribution in [0.3, 0.4) is 0 Å². The normalized spacial score (nSPS) is 14.5. The molecule has 0 atom stereocenters. The van der Waals surface area contributed by atoms with Gasteiger partial charge in [0.1, 0.15) is 0 Å². The summed E-state index contributed by atoms with van der Waals surface area (Å²) in [6, 6.07) is 65.9. The summed E-state index contributed by atoms with van der Waals surface area (Å²) in [5.74, 6) is 0. The summed E-state index contributed by atoms with van der Waals surface area (Å²) in [6.07, 6.45) is 0. The Morgan fingerprint density at radius 2 is 0.818 bits per heavy atom. The van der Waals surface area contributed by atoms with E-state index < -0.39 is 0 Å². The summed E-state index contributed by atoms with van der Waals surface area (Å²) in [5.41, 5.74) is 16.6. The zero-order chi connectivity index (χ0) is 37.1. The number of hydrogen-bond donors (Lipinski definition) is 0. The molecule has 1 heteroatoms. The Hall–Kier alpha value is -6.44. The van der Waals surface area contributed by atoms with Gasteiger partial charge in [-0.25, -0.2) is 0 Å². The van der Waals surface area contributed by atoms with Gasteiger partial charge in [0, 0.05) is 27.9 Å².